The van der Waals surface area contributed by atoms with Crippen molar-refractivity contribution in [2.24, 2.45) is 17.8 Å². The molecule has 1 fully saturated rings. The van der Waals surface area contributed by atoms with Gasteiger partial charge in [-0.25, -0.2) is 0 Å². The maximum Gasteiger partial charge on any atom is 0.0643 e. The Bertz CT molecular complexity index is 209. The molecule has 0 amide bonds. The van der Waals surface area contributed by atoms with E-state index in [0.29, 0.717) is 24.0 Å². The van der Waals surface area contributed by atoms with Gasteiger partial charge in [-0.05, 0) is 38.0 Å². The van der Waals surface area contributed by atoms with Crippen LogP contribution in [-0.2, 0) is 4.74 Å². The molecule has 0 aromatic rings. The molecule has 0 radical (unpaired) electrons. The molecule has 0 aliphatic carbocycles. The van der Waals surface area contributed by atoms with Gasteiger partial charge in [0.15, 0.2) is 0 Å². The van der Waals surface area contributed by atoms with E-state index in [0.717, 1.165) is 12.3 Å². The molecule has 14 heavy (non-hydrogen) atoms. The number of hydrogen-bond acceptors (Lipinski definition) is 1. The highest BCUT2D eigenvalue weighted by atomic mass is 16.5. The van der Waals surface area contributed by atoms with Crippen LogP contribution in [0.1, 0.15) is 41.0 Å². The average Bonchev–Trinajstić information content (AvgIpc) is 2.10. The van der Waals surface area contributed by atoms with E-state index in [-0.39, 0.29) is 0 Å². The fraction of sp³-hybridized carbons (Fsp3) is 0.846. The Hall–Kier alpha value is -0.300. The minimum Gasteiger partial charge on any atom is -0.374 e. The Morgan fingerprint density at radius 3 is 2.14 bits per heavy atom. The first-order valence-electron chi connectivity index (χ1n) is 5.73. The summed E-state index contributed by atoms with van der Waals surface area (Å²) in [4.78, 5) is 0. The van der Waals surface area contributed by atoms with Gasteiger partial charge in [-0.15, -0.1) is 6.58 Å². The van der Waals surface area contributed by atoms with Gasteiger partial charge in [0.2, 0.25) is 0 Å². The van der Waals surface area contributed by atoms with Gasteiger partial charge in [-0.1, -0.05) is 26.3 Å². The van der Waals surface area contributed by atoms with Crippen molar-refractivity contribution in [2.45, 2.75) is 53.2 Å². The number of rotatable bonds is 2. The molecule has 1 aliphatic rings. The first-order chi connectivity index (χ1) is 6.43. The molecule has 5 unspecified atom stereocenters. The van der Waals surface area contributed by atoms with E-state index in [2.05, 4.69) is 41.2 Å². The predicted octanol–water partition coefficient (Wildman–Crippen LogP) is 3.65. The molecular weight excluding hydrogens is 172 g/mol. The van der Waals surface area contributed by atoms with Gasteiger partial charge in [-0.2, -0.15) is 0 Å². The highest BCUT2D eigenvalue weighted by Gasteiger charge is 2.36. The van der Waals surface area contributed by atoms with Crippen molar-refractivity contribution >= 4 is 0 Å². The minimum absolute atomic E-state index is 0.383. The molecule has 0 aromatic heterocycles. The summed E-state index contributed by atoms with van der Waals surface area (Å²) in [6.45, 7) is 15.2. The van der Waals surface area contributed by atoms with Crippen molar-refractivity contribution < 1.29 is 4.74 Å². The molecule has 0 aromatic carbocycles. The third kappa shape index (κ3) is 2.38. The van der Waals surface area contributed by atoms with E-state index in [1.54, 1.807) is 0 Å². The summed E-state index contributed by atoms with van der Waals surface area (Å²) in [5.74, 6) is 2.08. The Kier molecular flexibility index (Phi) is 3.77. The lowest BCUT2D eigenvalue weighted by atomic mass is 9.75. The van der Waals surface area contributed by atoms with E-state index in [1.165, 1.54) is 5.57 Å². The van der Waals surface area contributed by atoms with E-state index in [1.807, 2.05) is 0 Å². The topological polar surface area (TPSA) is 9.23 Å². The van der Waals surface area contributed by atoms with Gasteiger partial charge in [-0.3, -0.25) is 0 Å². The standard InChI is InChI=1S/C13H24O/c1-8(2)7-13-11(5)9(3)10(4)12(6)14-13/h9-13H,1,7H2,2-6H3. The molecule has 0 saturated carbocycles. The largest absolute Gasteiger partial charge is 0.374 e. The van der Waals surface area contributed by atoms with Gasteiger partial charge < -0.3 is 4.74 Å². The van der Waals surface area contributed by atoms with Crippen LogP contribution >= 0.6 is 0 Å². The summed E-state index contributed by atoms with van der Waals surface area (Å²) in [6.07, 6.45) is 1.79. The van der Waals surface area contributed by atoms with Crippen LogP contribution in [0.3, 0.4) is 0 Å². The third-order valence-corrected chi connectivity index (χ3v) is 3.92. The summed E-state index contributed by atoms with van der Waals surface area (Å²) in [6, 6.07) is 0. The predicted molar refractivity (Wildman–Crippen MR) is 61.3 cm³/mol. The third-order valence-electron chi connectivity index (χ3n) is 3.92. The van der Waals surface area contributed by atoms with Crippen molar-refractivity contribution in [3.8, 4) is 0 Å². The van der Waals surface area contributed by atoms with Crippen LogP contribution in [-0.4, -0.2) is 12.2 Å². The highest BCUT2D eigenvalue weighted by Crippen LogP contribution is 2.36. The molecule has 0 bridgehead atoms. The normalized spacial score (nSPS) is 43.6. The van der Waals surface area contributed by atoms with Gasteiger partial charge in [0.05, 0.1) is 12.2 Å². The second-order valence-corrected chi connectivity index (χ2v) is 5.12. The summed E-state index contributed by atoms with van der Waals surface area (Å²) >= 11 is 0. The molecule has 1 heteroatoms. The summed E-state index contributed by atoms with van der Waals surface area (Å²) in [7, 11) is 0. The monoisotopic (exact) mass is 196 g/mol. The summed E-state index contributed by atoms with van der Waals surface area (Å²) in [5, 5.41) is 0. The Balaban J connectivity index is 2.65. The van der Waals surface area contributed by atoms with Crippen LogP contribution in [0.2, 0.25) is 0 Å². The van der Waals surface area contributed by atoms with Crippen LogP contribution < -0.4 is 0 Å². The zero-order valence-electron chi connectivity index (χ0n) is 10.2. The van der Waals surface area contributed by atoms with E-state index in [4.69, 9.17) is 4.74 Å². The van der Waals surface area contributed by atoms with Gasteiger partial charge >= 0.3 is 0 Å². The van der Waals surface area contributed by atoms with Crippen molar-refractivity contribution in [1.29, 1.82) is 0 Å². The second kappa shape index (κ2) is 4.48. The summed E-state index contributed by atoms with van der Waals surface area (Å²) in [5.41, 5.74) is 1.23. The van der Waals surface area contributed by atoms with Crippen molar-refractivity contribution in [3.63, 3.8) is 0 Å². The average molecular weight is 196 g/mol. The molecule has 1 saturated heterocycles. The quantitative estimate of drug-likeness (QED) is 0.613. The second-order valence-electron chi connectivity index (χ2n) is 5.12. The molecule has 1 heterocycles. The lowest BCUT2D eigenvalue weighted by Crippen LogP contribution is -2.43. The molecular formula is C13H24O. The molecule has 1 nitrogen and oxygen atoms in total. The first-order valence-corrected chi connectivity index (χ1v) is 5.73. The van der Waals surface area contributed by atoms with E-state index >= 15 is 0 Å². The molecule has 82 valence electrons. The number of hydrogen-bond donors (Lipinski definition) is 0. The zero-order chi connectivity index (χ0) is 10.9. The van der Waals surface area contributed by atoms with Crippen LogP contribution in [0.4, 0.5) is 0 Å². The Morgan fingerprint density at radius 2 is 1.64 bits per heavy atom. The van der Waals surface area contributed by atoms with Crippen LogP contribution in [0, 0.1) is 17.8 Å². The van der Waals surface area contributed by atoms with Crippen LogP contribution in [0.25, 0.3) is 0 Å². The minimum atomic E-state index is 0.383. The molecule has 0 spiro atoms. The molecule has 0 N–H and O–H groups in total. The van der Waals surface area contributed by atoms with Gasteiger partial charge in [0.1, 0.15) is 0 Å². The maximum atomic E-state index is 6.03. The van der Waals surface area contributed by atoms with Gasteiger partial charge in [0.25, 0.3) is 0 Å². The van der Waals surface area contributed by atoms with Crippen molar-refractivity contribution in [3.05, 3.63) is 12.2 Å². The summed E-state index contributed by atoms with van der Waals surface area (Å²) < 4.78 is 6.03. The lowest BCUT2D eigenvalue weighted by Gasteiger charge is -2.42. The Labute approximate surface area is 88.5 Å². The maximum absolute atomic E-state index is 6.03. The fourth-order valence-corrected chi connectivity index (χ4v) is 2.35. The van der Waals surface area contributed by atoms with E-state index in [9.17, 15) is 0 Å². The highest BCUT2D eigenvalue weighted by molar-refractivity contribution is 4.95. The number of ether oxygens (including phenoxy) is 1. The SMILES string of the molecule is C=C(C)CC1OC(C)C(C)C(C)C1C. The van der Waals surface area contributed by atoms with Gasteiger partial charge in [0, 0.05) is 0 Å². The van der Waals surface area contributed by atoms with Crippen molar-refractivity contribution in [2.75, 3.05) is 0 Å². The van der Waals surface area contributed by atoms with Crippen LogP contribution in [0.5, 0.6) is 0 Å². The lowest BCUT2D eigenvalue weighted by molar-refractivity contribution is -0.123. The molecule has 1 rings (SSSR count). The molecule has 5 atom stereocenters. The van der Waals surface area contributed by atoms with Crippen molar-refractivity contribution in [1.82, 2.24) is 0 Å². The zero-order valence-corrected chi connectivity index (χ0v) is 10.2. The molecule has 1 aliphatic heterocycles. The Morgan fingerprint density at radius 1 is 1.07 bits per heavy atom. The van der Waals surface area contributed by atoms with Crippen LogP contribution in [0.15, 0.2) is 12.2 Å². The smallest absolute Gasteiger partial charge is 0.0643 e. The fourth-order valence-electron chi connectivity index (χ4n) is 2.35. The first kappa shape index (κ1) is 11.8. The van der Waals surface area contributed by atoms with E-state index < -0.39 is 0 Å².